The Bertz CT molecular complexity index is 1010. The number of aromatic nitrogens is 1. The Morgan fingerprint density at radius 1 is 1.06 bits per heavy atom. The van der Waals surface area contributed by atoms with Crippen molar-refractivity contribution in [2.45, 2.75) is 51.7 Å². The summed E-state index contributed by atoms with van der Waals surface area (Å²) in [5.41, 5.74) is 1.01. The molecule has 2 aromatic rings. The Balaban J connectivity index is 1.57. The number of halogens is 1. The fraction of sp³-hybridized carbons (Fsp3) is 0.500. The zero-order valence-electron chi connectivity index (χ0n) is 18.4. The van der Waals surface area contributed by atoms with E-state index in [-0.39, 0.29) is 18.0 Å². The Morgan fingerprint density at radius 2 is 1.74 bits per heavy atom. The average molecular weight is 444 g/mol. The number of para-hydroxylation sites is 1. The van der Waals surface area contributed by atoms with E-state index in [4.69, 9.17) is 16.3 Å². The maximum absolute atomic E-state index is 13.5. The maximum Gasteiger partial charge on any atom is 0.410 e. The summed E-state index contributed by atoms with van der Waals surface area (Å²) < 4.78 is 7.55. The molecule has 2 heterocycles. The molecular formula is C24H30ClN3O3. The van der Waals surface area contributed by atoms with Crippen molar-refractivity contribution < 1.29 is 14.3 Å². The lowest BCUT2D eigenvalue weighted by molar-refractivity contribution is 0.0141. The van der Waals surface area contributed by atoms with Crippen LogP contribution in [0, 0.1) is 0 Å². The number of hydrogen-bond acceptors (Lipinski definition) is 3. The second kappa shape index (κ2) is 8.58. The van der Waals surface area contributed by atoms with Gasteiger partial charge < -0.3 is 19.1 Å². The number of rotatable bonds is 2. The predicted octanol–water partition coefficient (Wildman–Crippen LogP) is 5.27. The molecule has 1 atom stereocenters. The molecular weight excluding hydrogens is 414 g/mol. The molecule has 1 aliphatic carbocycles. The van der Waals surface area contributed by atoms with Crippen LogP contribution in [0.15, 0.2) is 36.4 Å². The lowest BCUT2D eigenvalue weighted by Crippen LogP contribution is -2.51. The lowest BCUT2D eigenvalue weighted by atomic mass is 10.0. The Morgan fingerprint density at radius 3 is 2.39 bits per heavy atom. The average Bonchev–Trinajstić information content (AvgIpc) is 3.04. The summed E-state index contributed by atoms with van der Waals surface area (Å²) in [5.74, 6) is -0.0800. The van der Waals surface area contributed by atoms with Crippen molar-refractivity contribution in [3.8, 4) is 0 Å². The van der Waals surface area contributed by atoms with E-state index in [1.54, 1.807) is 9.80 Å². The van der Waals surface area contributed by atoms with Gasteiger partial charge in [0.25, 0.3) is 5.91 Å². The number of amides is 2. The highest BCUT2D eigenvalue weighted by atomic mass is 35.5. The topological polar surface area (TPSA) is 54.8 Å². The Hall–Kier alpha value is -2.47. The van der Waals surface area contributed by atoms with Crippen LogP contribution in [0.4, 0.5) is 4.79 Å². The summed E-state index contributed by atoms with van der Waals surface area (Å²) in [6.45, 7) is 7.36. The van der Waals surface area contributed by atoms with Gasteiger partial charge in [0.05, 0.1) is 17.1 Å². The van der Waals surface area contributed by atoms with Crippen LogP contribution in [-0.4, -0.2) is 58.1 Å². The molecule has 31 heavy (non-hydrogen) atoms. The van der Waals surface area contributed by atoms with E-state index in [9.17, 15) is 9.59 Å². The van der Waals surface area contributed by atoms with Crippen LogP contribution in [0.2, 0.25) is 5.15 Å². The molecule has 166 valence electrons. The third kappa shape index (κ3) is 4.45. The molecule has 0 spiro atoms. The monoisotopic (exact) mass is 443 g/mol. The summed E-state index contributed by atoms with van der Waals surface area (Å²) in [7, 11) is 0. The second-order valence-corrected chi connectivity index (χ2v) is 9.60. The van der Waals surface area contributed by atoms with Crippen LogP contribution in [0.3, 0.4) is 0 Å². The Labute approximate surface area is 188 Å². The first kappa shape index (κ1) is 21.8. The largest absolute Gasteiger partial charge is 0.444 e. The van der Waals surface area contributed by atoms with Crippen molar-refractivity contribution in [2.75, 3.05) is 26.2 Å². The molecule has 6 nitrogen and oxygen atoms in total. The molecule has 1 fully saturated rings. The van der Waals surface area contributed by atoms with Crippen molar-refractivity contribution in [3.05, 3.63) is 47.1 Å². The number of allylic oxidation sites excluding steroid dienone is 2. The van der Waals surface area contributed by atoms with Crippen LogP contribution >= 0.6 is 11.6 Å². The lowest BCUT2D eigenvalue weighted by Gasteiger charge is -2.35. The van der Waals surface area contributed by atoms with Crippen molar-refractivity contribution >= 4 is 34.5 Å². The highest BCUT2D eigenvalue weighted by molar-refractivity contribution is 6.35. The van der Waals surface area contributed by atoms with Gasteiger partial charge in [0, 0.05) is 31.6 Å². The number of carbonyl (C=O) groups is 2. The maximum atomic E-state index is 13.5. The molecule has 1 unspecified atom stereocenters. The molecule has 0 saturated carbocycles. The predicted molar refractivity (Wildman–Crippen MR) is 123 cm³/mol. The van der Waals surface area contributed by atoms with E-state index in [1.807, 2.05) is 45.0 Å². The summed E-state index contributed by atoms with van der Waals surface area (Å²) in [6, 6.07) is 8.08. The van der Waals surface area contributed by atoms with Crippen LogP contribution in [-0.2, 0) is 4.74 Å². The third-order valence-electron chi connectivity index (χ3n) is 5.84. The van der Waals surface area contributed by atoms with Gasteiger partial charge in [-0.2, -0.15) is 0 Å². The van der Waals surface area contributed by atoms with E-state index in [0.29, 0.717) is 36.9 Å². The van der Waals surface area contributed by atoms with E-state index in [0.717, 1.165) is 30.2 Å². The SMILES string of the molecule is CC(C)(C)OC(=O)N1CCN(C(=O)c2c(Cl)n(C3C=CCCC3)c3ccccc23)CC1. The van der Waals surface area contributed by atoms with Crippen LogP contribution < -0.4 is 0 Å². The van der Waals surface area contributed by atoms with E-state index in [2.05, 4.69) is 16.7 Å². The Kier molecular flexibility index (Phi) is 6.02. The standard InChI is InChI=1S/C24H30ClN3O3/c1-24(2,3)31-23(30)27-15-13-26(14-16-27)22(29)20-18-11-7-8-12-19(18)28(21(20)25)17-9-5-4-6-10-17/h5,7-9,11-12,17H,4,6,10,13-16H2,1-3H3. The van der Waals surface area contributed by atoms with Crippen molar-refractivity contribution in [1.29, 1.82) is 0 Å². The van der Waals surface area contributed by atoms with Crippen LogP contribution in [0.5, 0.6) is 0 Å². The minimum absolute atomic E-state index is 0.0800. The summed E-state index contributed by atoms with van der Waals surface area (Å²) in [6.07, 6.45) is 7.25. The highest BCUT2D eigenvalue weighted by Gasteiger charge is 2.32. The number of piperazine rings is 1. The fourth-order valence-electron chi connectivity index (χ4n) is 4.35. The van der Waals surface area contributed by atoms with Gasteiger partial charge in [-0.15, -0.1) is 0 Å². The molecule has 1 aliphatic heterocycles. The van der Waals surface area contributed by atoms with Gasteiger partial charge in [-0.25, -0.2) is 4.79 Å². The molecule has 0 bridgehead atoms. The summed E-state index contributed by atoms with van der Waals surface area (Å²) in [5, 5.41) is 1.38. The minimum atomic E-state index is -0.535. The van der Waals surface area contributed by atoms with E-state index in [1.165, 1.54) is 0 Å². The third-order valence-corrected chi connectivity index (χ3v) is 6.21. The van der Waals surface area contributed by atoms with Gasteiger partial charge in [-0.1, -0.05) is 42.0 Å². The number of hydrogen-bond donors (Lipinski definition) is 0. The van der Waals surface area contributed by atoms with Gasteiger partial charge in [0.15, 0.2) is 0 Å². The molecule has 4 rings (SSSR count). The van der Waals surface area contributed by atoms with Crippen LogP contribution in [0.25, 0.3) is 10.9 Å². The molecule has 2 amide bonds. The fourth-order valence-corrected chi connectivity index (χ4v) is 4.75. The second-order valence-electron chi connectivity index (χ2n) is 9.24. The minimum Gasteiger partial charge on any atom is -0.444 e. The highest BCUT2D eigenvalue weighted by Crippen LogP contribution is 2.37. The smallest absolute Gasteiger partial charge is 0.410 e. The molecule has 7 heteroatoms. The van der Waals surface area contributed by atoms with Gasteiger partial charge in [0.1, 0.15) is 10.8 Å². The molecule has 0 radical (unpaired) electrons. The number of carbonyl (C=O) groups excluding carboxylic acids is 2. The summed E-state index contributed by atoms with van der Waals surface area (Å²) >= 11 is 6.85. The number of fused-ring (bicyclic) bond motifs is 1. The molecule has 1 aromatic carbocycles. The van der Waals surface area contributed by atoms with Gasteiger partial charge >= 0.3 is 6.09 Å². The zero-order chi connectivity index (χ0) is 22.2. The first-order chi connectivity index (χ1) is 14.8. The van der Waals surface area contributed by atoms with Gasteiger partial charge in [-0.3, -0.25) is 4.79 Å². The van der Waals surface area contributed by atoms with Crippen molar-refractivity contribution in [3.63, 3.8) is 0 Å². The normalized spacial score (nSPS) is 19.7. The first-order valence-corrected chi connectivity index (χ1v) is 11.4. The molecule has 0 N–H and O–H groups in total. The molecule has 2 aliphatic rings. The van der Waals surface area contributed by atoms with Crippen molar-refractivity contribution in [2.24, 2.45) is 0 Å². The number of benzene rings is 1. The van der Waals surface area contributed by atoms with Crippen molar-refractivity contribution in [1.82, 2.24) is 14.4 Å². The number of ether oxygens (including phenoxy) is 1. The van der Waals surface area contributed by atoms with E-state index < -0.39 is 5.60 Å². The molecule has 1 aromatic heterocycles. The van der Waals surface area contributed by atoms with E-state index >= 15 is 0 Å². The van der Waals surface area contributed by atoms with Gasteiger partial charge in [0.2, 0.25) is 0 Å². The first-order valence-electron chi connectivity index (χ1n) is 11.0. The molecule has 1 saturated heterocycles. The summed E-state index contributed by atoms with van der Waals surface area (Å²) in [4.78, 5) is 29.3. The van der Waals surface area contributed by atoms with Crippen LogP contribution in [0.1, 0.15) is 56.4 Å². The van der Waals surface area contributed by atoms with Gasteiger partial charge in [-0.05, 0) is 46.1 Å². The quantitative estimate of drug-likeness (QED) is 0.594. The zero-order valence-corrected chi connectivity index (χ0v) is 19.2. The number of nitrogens with zero attached hydrogens (tertiary/aromatic N) is 3.